The monoisotopic (exact) mass is 217 g/mol. The van der Waals surface area contributed by atoms with Gasteiger partial charge in [-0.15, -0.1) is 0 Å². The first-order chi connectivity index (χ1) is 7.72. The van der Waals surface area contributed by atoms with Crippen LogP contribution in [0.25, 0.3) is 5.69 Å². The highest BCUT2D eigenvalue weighted by Crippen LogP contribution is 2.12. The number of hydrogen-bond donors (Lipinski definition) is 2. The summed E-state index contributed by atoms with van der Waals surface area (Å²) < 4.78 is 1.63. The van der Waals surface area contributed by atoms with Crippen LogP contribution in [0.3, 0.4) is 0 Å². The van der Waals surface area contributed by atoms with E-state index >= 15 is 0 Å². The molecular weight excluding hydrogens is 206 g/mol. The number of oxime groups is 1. The second kappa shape index (κ2) is 4.01. The lowest BCUT2D eigenvalue weighted by Gasteiger charge is -2.06. The second-order valence-electron chi connectivity index (χ2n) is 3.34. The van der Waals surface area contributed by atoms with Gasteiger partial charge in [0.1, 0.15) is 0 Å². The Labute approximate surface area is 92.0 Å². The summed E-state index contributed by atoms with van der Waals surface area (Å²) in [6.45, 7) is 1.93. The summed E-state index contributed by atoms with van der Waals surface area (Å²) in [5, 5.41) is 15.8. The minimum absolute atomic E-state index is 0.0329. The minimum atomic E-state index is 0.0329. The molecule has 0 atom stereocenters. The van der Waals surface area contributed by atoms with Crippen LogP contribution in [0.15, 0.2) is 36.0 Å². The average Bonchev–Trinajstić information content (AvgIpc) is 2.75. The van der Waals surface area contributed by atoms with Gasteiger partial charge in [-0.05, 0) is 18.6 Å². The predicted molar refractivity (Wildman–Crippen MR) is 58.6 cm³/mol. The van der Waals surface area contributed by atoms with Crippen molar-refractivity contribution in [1.82, 2.24) is 14.8 Å². The molecule has 2 aromatic heterocycles. The summed E-state index contributed by atoms with van der Waals surface area (Å²) in [5.74, 6) is 0.0329. The highest BCUT2D eigenvalue weighted by Gasteiger charge is 2.09. The Hall–Kier alpha value is -2.37. The predicted octanol–water partition coefficient (Wildman–Crippen LogP) is 0.670. The maximum atomic E-state index is 8.68. The Balaban J connectivity index is 2.57. The van der Waals surface area contributed by atoms with E-state index in [4.69, 9.17) is 10.9 Å². The molecule has 0 fully saturated rings. The summed E-state index contributed by atoms with van der Waals surface area (Å²) in [6, 6.07) is 1.67. The maximum absolute atomic E-state index is 8.68. The van der Waals surface area contributed by atoms with E-state index < -0.39 is 0 Å². The Bertz CT molecular complexity index is 532. The number of rotatable bonds is 2. The van der Waals surface area contributed by atoms with Crippen LogP contribution < -0.4 is 5.73 Å². The summed E-state index contributed by atoms with van der Waals surface area (Å²) in [5.41, 5.74) is 7.85. The molecule has 0 aliphatic carbocycles. The molecular formula is C10H11N5O. The standard InChI is InChI=1S/C10H11N5O/c1-7-4-13-15(6-7)9-5-12-3-2-8(9)10(11)14-16/h2-6,16H,1H3,(H2,11,14). The third kappa shape index (κ3) is 1.72. The second-order valence-corrected chi connectivity index (χ2v) is 3.34. The van der Waals surface area contributed by atoms with Crippen LogP contribution in [-0.2, 0) is 0 Å². The van der Waals surface area contributed by atoms with Crippen molar-refractivity contribution in [3.63, 3.8) is 0 Å². The third-order valence-corrected chi connectivity index (χ3v) is 2.14. The van der Waals surface area contributed by atoms with E-state index in [-0.39, 0.29) is 5.84 Å². The van der Waals surface area contributed by atoms with Crippen LogP contribution >= 0.6 is 0 Å². The van der Waals surface area contributed by atoms with Crippen molar-refractivity contribution in [3.8, 4) is 5.69 Å². The molecule has 2 heterocycles. The summed E-state index contributed by atoms with van der Waals surface area (Å²) in [6.07, 6.45) is 6.75. The lowest BCUT2D eigenvalue weighted by atomic mass is 10.2. The van der Waals surface area contributed by atoms with E-state index in [1.54, 1.807) is 29.3 Å². The minimum Gasteiger partial charge on any atom is -0.409 e. The number of nitrogens with zero attached hydrogens (tertiary/aromatic N) is 4. The number of hydrogen-bond acceptors (Lipinski definition) is 4. The fourth-order valence-electron chi connectivity index (χ4n) is 1.38. The molecule has 82 valence electrons. The van der Waals surface area contributed by atoms with Gasteiger partial charge in [0.15, 0.2) is 5.84 Å². The average molecular weight is 217 g/mol. The third-order valence-electron chi connectivity index (χ3n) is 2.14. The number of pyridine rings is 1. The van der Waals surface area contributed by atoms with Crippen LogP contribution in [0.5, 0.6) is 0 Å². The van der Waals surface area contributed by atoms with Crippen molar-refractivity contribution < 1.29 is 5.21 Å². The molecule has 6 heteroatoms. The Morgan fingerprint density at radius 2 is 2.31 bits per heavy atom. The van der Waals surface area contributed by atoms with Crippen LogP contribution in [0, 0.1) is 6.92 Å². The zero-order valence-corrected chi connectivity index (χ0v) is 8.70. The maximum Gasteiger partial charge on any atom is 0.172 e. The van der Waals surface area contributed by atoms with E-state index in [0.717, 1.165) is 5.56 Å². The van der Waals surface area contributed by atoms with Crippen molar-refractivity contribution in [1.29, 1.82) is 0 Å². The SMILES string of the molecule is Cc1cnn(-c2cnccc2/C(N)=N/O)c1. The lowest BCUT2D eigenvalue weighted by Crippen LogP contribution is -2.16. The van der Waals surface area contributed by atoms with Gasteiger partial charge in [0.05, 0.1) is 18.1 Å². The Kier molecular flexibility index (Phi) is 2.55. The van der Waals surface area contributed by atoms with Gasteiger partial charge >= 0.3 is 0 Å². The topological polar surface area (TPSA) is 89.3 Å². The molecule has 2 rings (SSSR count). The number of nitrogens with two attached hydrogens (primary N) is 1. The van der Waals surface area contributed by atoms with Gasteiger partial charge in [0.2, 0.25) is 0 Å². The van der Waals surface area contributed by atoms with Crippen LogP contribution in [0.1, 0.15) is 11.1 Å². The summed E-state index contributed by atoms with van der Waals surface area (Å²) in [4.78, 5) is 3.99. The summed E-state index contributed by atoms with van der Waals surface area (Å²) in [7, 11) is 0. The molecule has 0 saturated carbocycles. The van der Waals surface area contributed by atoms with Crippen LogP contribution in [0.2, 0.25) is 0 Å². The molecule has 2 aromatic rings. The van der Waals surface area contributed by atoms with E-state index in [2.05, 4.69) is 15.2 Å². The molecule has 0 aliphatic rings. The van der Waals surface area contributed by atoms with Crippen molar-refractivity contribution in [3.05, 3.63) is 42.0 Å². The van der Waals surface area contributed by atoms with Crippen LogP contribution in [-0.4, -0.2) is 25.8 Å². The van der Waals surface area contributed by atoms with Gasteiger partial charge in [-0.25, -0.2) is 4.68 Å². The molecule has 0 spiro atoms. The smallest absolute Gasteiger partial charge is 0.172 e. The molecule has 0 radical (unpaired) electrons. The van der Waals surface area contributed by atoms with Crippen molar-refractivity contribution in [2.45, 2.75) is 6.92 Å². The number of amidine groups is 1. The van der Waals surface area contributed by atoms with Gasteiger partial charge in [-0.2, -0.15) is 5.10 Å². The molecule has 0 unspecified atom stereocenters. The largest absolute Gasteiger partial charge is 0.409 e. The first kappa shape index (κ1) is 10.2. The van der Waals surface area contributed by atoms with Gasteiger partial charge < -0.3 is 10.9 Å². The summed E-state index contributed by atoms with van der Waals surface area (Å²) >= 11 is 0. The molecule has 0 bridgehead atoms. The van der Waals surface area contributed by atoms with Crippen LogP contribution in [0.4, 0.5) is 0 Å². The van der Waals surface area contributed by atoms with Crippen molar-refractivity contribution >= 4 is 5.84 Å². The van der Waals surface area contributed by atoms with Gasteiger partial charge in [0.25, 0.3) is 0 Å². The van der Waals surface area contributed by atoms with Gasteiger partial charge in [-0.1, -0.05) is 5.16 Å². The quantitative estimate of drug-likeness (QED) is 0.335. The zero-order valence-electron chi connectivity index (χ0n) is 8.70. The van der Waals surface area contributed by atoms with E-state index in [1.165, 1.54) is 0 Å². The lowest BCUT2D eigenvalue weighted by molar-refractivity contribution is 0.318. The molecule has 0 amide bonds. The van der Waals surface area contributed by atoms with Gasteiger partial charge in [0, 0.05) is 18.0 Å². The highest BCUT2D eigenvalue weighted by molar-refractivity contribution is 6.00. The first-order valence-corrected chi connectivity index (χ1v) is 4.66. The molecule has 0 aromatic carbocycles. The van der Waals surface area contributed by atoms with Crippen molar-refractivity contribution in [2.24, 2.45) is 10.9 Å². The highest BCUT2D eigenvalue weighted by atomic mass is 16.4. The molecule has 6 nitrogen and oxygen atoms in total. The first-order valence-electron chi connectivity index (χ1n) is 4.66. The molecule has 0 aliphatic heterocycles. The number of aryl methyl sites for hydroxylation is 1. The fourth-order valence-corrected chi connectivity index (χ4v) is 1.38. The number of aromatic nitrogens is 3. The fraction of sp³-hybridized carbons (Fsp3) is 0.100. The molecule has 0 saturated heterocycles. The van der Waals surface area contributed by atoms with E-state index in [0.29, 0.717) is 11.3 Å². The Morgan fingerprint density at radius 3 is 2.94 bits per heavy atom. The van der Waals surface area contributed by atoms with Crippen molar-refractivity contribution in [2.75, 3.05) is 0 Å². The molecule has 3 N–H and O–H groups in total. The normalized spacial score (nSPS) is 11.7. The zero-order chi connectivity index (χ0) is 11.5. The van der Waals surface area contributed by atoms with E-state index in [1.807, 2.05) is 13.1 Å². The van der Waals surface area contributed by atoms with E-state index in [9.17, 15) is 0 Å². The Morgan fingerprint density at radius 1 is 1.50 bits per heavy atom. The van der Waals surface area contributed by atoms with Gasteiger partial charge in [-0.3, -0.25) is 4.98 Å². The molecule has 16 heavy (non-hydrogen) atoms.